The molecule has 3 heteroatoms. The van der Waals surface area contributed by atoms with Crippen LogP contribution in [0.3, 0.4) is 0 Å². The Hall–Kier alpha value is -1.09. The minimum absolute atomic E-state index is 0.336. The first-order chi connectivity index (χ1) is 7.61. The third kappa shape index (κ3) is 1.92. The first kappa shape index (κ1) is 11.4. The molecule has 0 bridgehead atoms. The van der Waals surface area contributed by atoms with Crippen molar-refractivity contribution in [1.82, 2.24) is 4.98 Å². The SMILES string of the molecule is Cc1ncccc1N1CCC(N)C(C)C1C. The molecule has 1 aromatic heterocycles. The zero-order valence-electron chi connectivity index (χ0n) is 10.4. The Balaban J connectivity index is 2.25. The molecule has 3 nitrogen and oxygen atoms in total. The molecule has 0 radical (unpaired) electrons. The molecule has 1 saturated heterocycles. The van der Waals surface area contributed by atoms with E-state index in [1.165, 1.54) is 5.69 Å². The Morgan fingerprint density at radius 3 is 2.88 bits per heavy atom. The maximum Gasteiger partial charge on any atom is 0.0605 e. The van der Waals surface area contributed by atoms with Crippen LogP contribution in [0.2, 0.25) is 0 Å². The maximum absolute atomic E-state index is 6.10. The molecule has 3 atom stereocenters. The van der Waals surface area contributed by atoms with Gasteiger partial charge >= 0.3 is 0 Å². The minimum Gasteiger partial charge on any atom is -0.367 e. The first-order valence-corrected chi connectivity index (χ1v) is 6.05. The smallest absolute Gasteiger partial charge is 0.0605 e. The second-order valence-corrected chi connectivity index (χ2v) is 4.85. The summed E-state index contributed by atoms with van der Waals surface area (Å²) in [7, 11) is 0. The molecule has 0 saturated carbocycles. The van der Waals surface area contributed by atoms with E-state index in [1.54, 1.807) is 0 Å². The maximum atomic E-state index is 6.10. The van der Waals surface area contributed by atoms with E-state index in [4.69, 9.17) is 5.73 Å². The molecule has 88 valence electrons. The summed E-state index contributed by atoms with van der Waals surface area (Å²) in [6, 6.07) is 4.99. The molecular formula is C13H21N3. The Kier molecular flexibility index (Phi) is 3.15. The number of hydrogen-bond acceptors (Lipinski definition) is 3. The van der Waals surface area contributed by atoms with Gasteiger partial charge in [0.25, 0.3) is 0 Å². The van der Waals surface area contributed by atoms with Crippen LogP contribution in [0.25, 0.3) is 0 Å². The number of rotatable bonds is 1. The molecule has 1 aliphatic rings. The number of pyridine rings is 1. The van der Waals surface area contributed by atoms with Gasteiger partial charge < -0.3 is 10.6 Å². The molecule has 0 aliphatic carbocycles. The Bertz CT molecular complexity index is 364. The zero-order valence-corrected chi connectivity index (χ0v) is 10.4. The highest BCUT2D eigenvalue weighted by atomic mass is 15.2. The molecule has 0 amide bonds. The van der Waals surface area contributed by atoms with Crippen molar-refractivity contribution in [2.24, 2.45) is 11.7 Å². The predicted molar refractivity (Wildman–Crippen MR) is 67.5 cm³/mol. The molecule has 0 aromatic carbocycles. The lowest BCUT2D eigenvalue weighted by atomic mass is 9.87. The van der Waals surface area contributed by atoms with Gasteiger partial charge in [-0.15, -0.1) is 0 Å². The fraction of sp³-hybridized carbons (Fsp3) is 0.615. The van der Waals surface area contributed by atoms with Crippen molar-refractivity contribution in [2.45, 2.75) is 39.3 Å². The van der Waals surface area contributed by atoms with Crippen LogP contribution < -0.4 is 10.6 Å². The van der Waals surface area contributed by atoms with Gasteiger partial charge in [-0.25, -0.2) is 0 Å². The fourth-order valence-corrected chi connectivity index (χ4v) is 2.52. The van der Waals surface area contributed by atoms with E-state index >= 15 is 0 Å². The third-order valence-corrected chi connectivity index (χ3v) is 3.92. The van der Waals surface area contributed by atoms with Crippen molar-refractivity contribution in [3.8, 4) is 0 Å². The molecule has 1 aliphatic heterocycles. The first-order valence-electron chi connectivity index (χ1n) is 6.05. The molecule has 2 N–H and O–H groups in total. The summed E-state index contributed by atoms with van der Waals surface area (Å²) >= 11 is 0. The van der Waals surface area contributed by atoms with E-state index in [1.807, 2.05) is 12.3 Å². The van der Waals surface area contributed by atoms with Crippen molar-refractivity contribution in [3.05, 3.63) is 24.0 Å². The van der Waals surface area contributed by atoms with Crippen LogP contribution in [0.15, 0.2) is 18.3 Å². The standard InChI is InChI=1S/C13H21N3/c1-9-11(3)16(8-6-12(9)14)13-5-4-7-15-10(13)2/h4-5,7,9,11-12H,6,8,14H2,1-3H3. The average Bonchev–Trinajstić information content (AvgIpc) is 2.28. The number of piperidine rings is 1. The van der Waals surface area contributed by atoms with Gasteiger partial charge in [0.1, 0.15) is 0 Å². The predicted octanol–water partition coefficient (Wildman–Crippen LogP) is 1.95. The van der Waals surface area contributed by atoms with Crippen LogP contribution in [0.5, 0.6) is 0 Å². The van der Waals surface area contributed by atoms with E-state index in [2.05, 4.69) is 36.7 Å². The highest BCUT2D eigenvalue weighted by Crippen LogP contribution is 2.29. The van der Waals surface area contributed by atoms with Crippen LogP contribution in [0.1, 0.15) is 26.0 Å². The van der Waals surface area contributed by atoms with E-state index in [-0.39, 0.29) is 0 Å². The molecular weight excluding hydrogens is 198 g/mol. The van der Waals surface area contributed by atoms with Gasteiger partial charge in [0.05, 0.1) is 11.4 Å². The quantitative estimate of drug-likeness (QED) is 0.785. The second kappa shape index (κ2) is 4.42. The number of aromatic nitrogens is 1. The van der Waals surface area contributed by atoms with Crippen molar-refractivity contribution >= 4 is 5.69 Å². The van der Waals surface area contributed by atoms with E-state index in [9.17, 15) is 0 Å². The van der Waals surface area contributed by atoms with Crippen molar-refractivity contribution in [1.29, 1.82) is 0 Å². The van der Waals surface area contributed by atoms with Gasteiger partial charge in [-0.2, -0.15) is 0 Å². The number of nitrogens with zero attached hydrogens (tertiary/aromatic N) is 2. The molecule has 1 fully saturated rings. The fourth-order valence-electron chi connectivity index (χ4n) is 2.52. The summed E-state index contributed by atoms with van der Waals surface area (Å²) in [6.45, 7) is 7.61. The lowest BCUT2D eigenvalue weighted by molar-refractivity contribution is 0.315. The third-order valence-electron chi connectivity index (χ3n) is 3.92. The molecule has 0 spiro atoms. The van der Waals surface area contributed by atoms with Crippen molar-refractivity contribution in [2.75, 3.05) is 11.4 Å². The van der Waals surface area contributed by atoms with E-state index in [0.29, 0.717) is 18.0 Å². The summed E-state index contributed by atoms with van der Waals surface area (Å²) in [6.07, 6.45) is 2.92. The highest BCUT2D eigenvalue weighted by molar-refractivity contribution is 5.51. The van der Waals surface area contributed by atoms with Gasteiger partial charge in [0.2, 0.25) is 0 Å². The minimum atomic E-state index is 0.336. The van der Waals surface area contributed by atoms with Gasteiger partial charge in [-0.3, -0.25) is 4.98 Å². The summed E-state index contributed by atoms with van der Waals surface area (Å²) in [4.78, 5) is 6.80. The molecule has 1 aromatic rings. The van der Waals surface area contributed by atoms with Crippen molar-refractivity contribution < 1.29 is 0 Å². The Morgan fingerprint density at radius 2 is 2.19 bits per heavy atom. The summed E-state index contributed by atoms with van der Waals surface area (Å²) < 4.78 is 0. The summed E-state index contributed by atoms with van der Waals surface area (Å²) in [5.41, 5.74) is 8.47. The number of hydrogen-bond donors (Lipinski definition) is 1. The lowest BCUT2D eigenvalue weighted by Gasteiger charge is -2.43. The monoisotopic (exact) mass is 219 g/mol. The average molecular weight is 219 g/mol. The molecule has 2 heterocycles. The largest absolute Gasteiger partial charge is 0.367 e. The van der Waals surface area contributed by atoms with E-state index in [0.717, 1.165) is 18.7 Å². The van der Waals surface area contributed by atoms with Crippen LogP contribution in [-0.4, -0.2) is 23.6 Å². The summed E-state index contributed by atoms with van der Waals surface area (Å²) in [5.74, 6) is 0.536. The number of anilines is 1. The van der Waals surface area contributed by atoms with Crippen LogP contribution >= 0.6 is 0 Å². The van der Waals surface area contributed by atoms with Crippen LogP contribution in [-0.2, 0) is 0 Å². The molecule has 3 unspecified atom stereocenters. The topological polar surface area (TPSA) is 42.2 Å². The summed E-state index contributed by atoms with van der Waals surface area (Å²) in [5, 5.41) is 0. The van der Waals surface area contributed by atoms with Gasteiger partial charge in [-0.1, -0.05) is 6.92 Å². The van der Waals surface area contributed by atoms with Crippen LogP contribution in [0, 0.1) is 12.8 Å². The Labute approximate surface area is 97.7 Å². The number of aryl methyl sites for hydroxylation is 1. The Morgan fingerprint density at radius 1 is 1.44 bits per heavy atom. The normalized spacial score (nSPS) is 30.5. The van der Waals surface area contributed by atoms with Crippen molar-refractivity contribution in [3.63, 3.8) is 0 Å². The van der Waals surface area contributed by atoms with Crippen LogP contribution in [0.4, 0.5) is 5.69 Å². The zero-order chi connectivity index (χ0) is 11.7. The van der Waals surface area contributed by atoms with E-state index < -0.39 is 0 Å². The molecule has 16 heavy (non-hydrogen) atoms. The van der Waals surface area contributed by atoms with Gasteiger partial charge in [0, 0.05) is 24.8 Å². The van der Waals surface area contributed by atoms with Gasteiger partial charge in [0.15, 0.2) is 0 Å². The molecule has 2 rings (SSSR count). The lowest BCUT2D eigenvalue weighted by Crippen LogP contribution is -2.52. The highest BCUT2D eigenvalue weighted by Gasteiger charge is 2.30. The van der Waals surface area contributed by atoms with Gasteiger partial charge in [-0.05, 0) is 38.3 Å². The second-order valence-electron chi connectivity index (χ2n) is 4.85. The number of nitrogens with two attached hydrogens (primary N) is 1.